The van der Waals surface area contributed by atoms with Crippen molar-refractivity contribution in [2.24, 2.45) is 0 Å². The van der Waals surface area contributed by atoms with Crippen LogP contribution in [0.1, 0.15) is 27.2 Å². The molecule has 2 aliphatic heterocycles. The minimum Gasteiger partial charge on any atom is -0.475 e. The molecule has 0 radical (unpaired) electrons. The molecule has 32 heavy (non-hydrogen) atoms. The van der Waals surface area contributed by atoms with Crippen LogP contribution in [0, 0.1) is 0 Å². The fourth-order valence-corrected chi connectivity index (χ4v) is 4.04. The van der Waals surface area contributed by atoms with Gasteiger partial charge in [-0.1, -0.05) is 0 Å². The van der Waals surface area contributed by atoms with Crippen molar-refractivity contribution in [1.29, 1.82) is 0 Å². The SMILES string of the molecule is CC(C)Oc1ccc(N2c3nc(N4CCOC[C@H]4C)cc(=O)n3CCC2C(F)(F)F)cn1. The molecule has 2 aromatic rings. The van der Waals surface area contributed by atoms with Gasteiger partial charge in [0.2, 0.25) is 11.8 Å². The molecule has 1 saturated heterocycles. The van der Waals surface area contributed by atoms with E-state index in [1.807, 2.05) is 25.7 Å². The number of ether oxygens (including phenoxy) is 2. The molecular weight excluding hydrogens is 427 g/mol. The minimum atomic E-state index is -4.52. The fourth-order valence-electron chi connectivity index (χ4n) is 4.04. The molecule has 4 heterocycles. The Balaban J connectivity index is 1.80. The van der Waals surface area contributed by atoms with Gasteiger partial charge in [0.15, 0.2) is 0 Å². The van der Waals surface area contributed by atoms with Crippen LogP contribution in [0.4, 0.5) is 30.6 Å². The molecule has 0 aliphatic carbocycles. The van der Waals surface area contributed by atoms with Gasteiger partial charge in [-0.25, -0.2) is 4.98 Å². The second kappa shape index (κ2) is 8.61. The van der Waals surface area contributed by atoms with Crippen LogP contribution in [0.5, 0.6) is 5.88 Å². The molecular formula is C21H26F3N5O3. The zero-order valence-corrected chi connectivity index (χ0v) is 18.2. The third kappa shape index (κ3) is 4.38. The lowest BCUT2D eigenvalue weighted by Gasteiger charge is -2.40. The fraction of sp³-hybridized carbons (Fsp3) is 0.571. The number of halogens is 3. The van der Waals surface area contributed by atoms with Crippen molar-refractivity contribution >= 4 is 17.5 Å². The van der Waals surface area contributed by atoms with Crippen molar-refractivity contribution in [1.82, 2.24) is 14.5 Å². The van der Waals surface area contributed by atoms with Crippen molar-refractivity contribution in [2.45, 2.75) is 58.1 Å². The minimum absolute atomic E-state index is 0.0425. The number of fused-ring (bicyclic) bond motifs is 1. The maximum atomic E-state index is 14.0. The second-order valence-corrected chi connectivity index (χ2v) is 8.26. The highest BCUT2D eigenvalue weighted by atomic mass is 19.4. The Kier molecular flexibility index (Phi) is 6.02. The molecule has 0 spiro atoms. The second-order valence-electron chi connectivity index (χ2n) is 8.26. The lowest BCUT2D eigenvalue weighted by atomic mass is 10.1. The van der Waals surface area contributed by atoms with Gasteiger partial charge in [-0.05, 0) is 33.3 Å². The van der Waals surface area contributed by atoms with Crippen LogP contribution in [-0.4, -0.2) is 58.7 Å². The van der Waals surface area contributed by atoms with E-state index in [9.17, 15) is 18.0 Å². The van der Waals surface area contributed by atoms with Gasteiger partial charge in [-0.2, -0.15) is 18.2 Å². The van der Waals surface area contributed by atoms with E-state index in [1.54, 1.807) is 0 Å². The van der Waals surface area contributed by atoms with Gasteiger partial charge in [-0.15, -0.1) is 0 Å². The highest BCUT2D eigenvalue weighted by molar-refractivity contribution is 5.61. The first-order valence-electron chi connectivity index (χ1n) is 10.6. The number of pyridine rings is 1. The molecule has 0 aromatic carbocycles. The molecule has 11 heteroatoms. The maximum absolute atomic E-state index is 14.0. The summed E-state index contributed by atoms with van der Waals surface area (Å²) in [5.74, 6) is 0.613. The summed E-state index contributed by atoms with van der Waals surface area (Å²) in [6, 6.07) is 2.53. The highest BCUT2D eigenvalue weighted by Gasteiger charge is 2.47. The van der Waals surface area contributed by atoms with E-state index in [1.165, 1.54) is 29.0 Å². The summed E-state index contributed by atoms with van der Waals surface area (Å²) in [6.45, 7) is 6.94. The summed E-state index contributed by atoms with van der Waals surface area (Å²) >= 11 is 0. The number of hydrogen-bond donors (Lipinski definition) is 0. The van der Waals surface area contributed by atoms with E-state index >= 15 is 0 Å². The van der Waals surface area contributed by atoms with Gasteiger partial charge in [0.1, 0.15) is 11.9 Å². The van der Waals surface area contributed by atoms with E-state index in [4.69, 9.17) is 9.47 Å². The quantitative estimate of drug-likeness (QED) is 0.704. The molecule has 2 aliphatic rings. The van der Waals surface area contributed by atoms with Gasteiger partial charge in [-0.3, -0.25) is 14.3 Å². The van der Waals surface area contributed by atoms with Crippen molar-refractivity contribution in [3.05, 3.63) is 34.7 Å². The standard InChI is InChI=1S/C21H26F3N5O3/c1-13(2)32-18-5-4-15(11-25-18)29-16(21(22,23)24)6-7-28-19(30)10-17(26-20(28)29)27-8-9-31-12-14(27)3/h4-5,10-11,13-14,16H,6-9,12H2,1-3H3/t14-,16?/m1/s1. The van der Waals surface area contributed by atoms with Gasteiger partial charge >= 0.3 is 6.18 Å². The van der Waals surface area contributed by atoms with Crippen LogP contribution in [0.2, 0.25) is 0 Å². The maximum Gasteiger partial charge on any atom is 0.409 e. The van der Waals surface area contributed by atoms with Crippen LogP contribution >= 0.6 is 0 Å². The van der Waals surface area contributed by atoms with Crippen LogP contribution in [-0.2, 0) is 11.3 Å². The average molecular weight is 453 g/mol. The average Bonchev–Trinajstić information content (AvgIpc) is 2.73. The zero-order chi connectivity index (χ0) is 23.0. The number of nitrogens with zero attached hydrogens (tertiary/aromatic N) is 5. The Bertz CT molecular complexity index is 1010. The number of rotatable bonds is 4. The number of anilines is 3. The summed E-state index contributed by atoms with van der Waals surface area (Å²) in [4.78, 5) is 24.5. The Hall–Kier alpha value is -2.82. The van der Waals surface area contributed by atoms with E-state index in [-0.39, 0.29) is 42.3 Å². The monoisotopic (exact) mass is 453 g/mol. The topological polar surface area (TPSA) is 72.7 Å². The summed E-state index contributed by atoms with van der Waals surface area (Å²) in [6.07, 6.45) is -3.58. The Morgan fingerprint density at radius 1 is 1.25 bits per heavy atom. The Labute approximate surface area is 183 Å². The summed E-state index contributed by atoms with van der Waals surface area (Å²) < 4.78 is 54.3. The Morgan fingerprint density at radius 3 is 2.66 bits per heavy atom. The highest BCUT2D eigenvalue weighted by Crippen LogP contribution is 2.39. The molecule has 8 nitrogen and oxygen atoms in total. The number of aromatic nitrogens is 3. The first kappa shape index (κ1) is 22.4. The predicted molar refractivity (Wildman–Crippen MR) is 113 cm³/mol. The third-order valence-electron chi connectivity index (χ3n) is 5.52. The summed E-state index contributed by atoms with van der Waals surface area (Å²) in [5, 5.41) is 0. The first-order valence-corrected chi connectivity index (χ1v) is 10.6. The van der Waals surface area contributed by atoms with E-state index in [0.717, 1.165) is 4.90 Å². The van der Waals surface area contributed by atoms with Gasteiger partial charge < -0.3 is 14.4 Å². The molecule has 2 atom stereocenters. The van der Waals surface area contributed by atoms with E-state index < -0.39 is 12.2 Å². The zero-order valence-electron chi connectivity index (χ0n) is 18.2. The van der Waals surface area contributed by atoms with Crippen LogP contribution in [0.3, 0.4) is 0 Å². The van der Waals surface area contributed by atoms with Crippen molar-refractivity contribution in [3.63, 3.8) is 0 Å². The molecule has 1 unspecified atom stereocenters. The van der Waals surface area contributed by atoms with Crippen molar-refractivity contribution < 1.29 is 22.6 Å². The normalized spacial score (nSPS) is 21.6. The Morgan fingerprint density at radius 2 is 2.03 bits per heavy atom. The van der Waals surface area contributed by atoms with Crippen molar-refractivity contribution in [2.75, 3.05) is 29.6 Å². The van der Waals surface area contributed by atoms with Gasteiger partial charge in [0.05, 0.1) is 37.2 Å². The molecule has 174 valence electrons. The molecule has 2 aromatic heterocycles. The van der Waals surface area contributed by atoms with Crippen LogP contribution < -0.4 is 20.1 Å². The van der Waals surface area contributed by atoms with Gasteiger partial charge in [0.25, 0.3) is 5.56 Å². The smallest absolute Gasteiger partial charge is 0.409 e. The summed E-state index contributed by atoms with van der Waals surface area (Å²) in [5.41, 5.74) is -0.196. The number of hydrogen-bond acceptors (Lipinski definition) is 7. The number of morpholine rings is 1. The van der Waals surface area contributed by atoms with Crippen molar-refractivity contribution in [3.8, 4) is 5.88 Å². The molecule has 1 fully saturated rings. The molecule has 0 N–H and O–H groups in total. The molecule has 0 bridgehead atoms. The lowest BCUT2D eigenvalue weighted by molar-refractivity contribution is -0.150. The molecule has 0 saturated carbocycles. The molecule has 0 amide bonds. The summed E-state index contributed by atoms with van der Waals surface area (Å²) in [7, 11) is 0. The van der Waals surface area contributed by atoms with E-state index in [2.05, 4.69) is 9.97 Å². The third-order valence-corrected chi connectivity index (χ3v) is 5.52. The lowest BCUT2D eigenvalue weighted by Crippen LogP contribution is -2.51. The van der Waals surface area contributed by atoms with Gasteiger partial charge in [0, 0.05) is 25.2 Å². The van der Waals surface area contributed by atoms with Crippen LogP contribution in [0.25, 0.3) is 0 Å². The first-order chi connectivity index (χ1) is 15.1. The largest absolute Gasteiger partial charge is 0.475 e. The predicted octanol–water partition coefficient (Wildman–Crippen LogP) is 3.12. The number of alkyl halides is 3. The van der Waals surface area contributed by atoms with E-state index in [0.29, 0.717) is 31.5 Å². The molecule has 4 rings (SSSR count). The van der Waals surface area contributed by atoms with Crippen LogP contribution in [0.15, 0.2) is 29.2 Å².